The number of anilines is 3. The standard InChI is InChI=1S/C61H43N7O/c1-39-33-59(68-53-28-12-7-23-47(53)61-58(68)35-42(36-63-61)69-41-18-15-17-40(34-41)65-38-64(2)54-29-13-14-30-55(54)65)62-37-48(39)60-56(66-49-24-8-3-19-43(49)44-20-4-9-25-50(44)66)31-16-32-57(60)67-51-26-10-5-21-45(51)46-22-6-11-27-52(46)67/h3-37H,38H2,1-2H3. The molecular formula is C61H43N7O. The smallest absolute Gasteiger partial charge is 0.147 e. The van der Waals surface area contributed by atoms with Crippen molar-refractivity contribution in [2.24, 2.45) is 0 Å². The van der Waals surface area contributed by atoms with E-state index in [1.807, 2.05) is 12.3 Å². The number of aromatic nitrogens is 5. The van der Waals surface area contributed by atoms with E-state index in [0.29, 0.717) is 5.75 Å². The van der Waals surface area contributed by atoms with Gasteiger partial charge in [0.15, 0.2) is 0 Å². The fraction of sp³-hybridized carbons (Fsp3) is 0.0492. The third-order valence-electron chi connectivity index (χ3n) is 14.0. The lowest BCUT2D eigenvalue weighted by Gasteiger charge is -2.21. The van der Waals surface area contributed by atoms with Gasteiger partial charge in [-0.15, -0.1) is 0 Å². The molecule has 0 fully saturated rings. The maximum atomic E-state index is 6.67. The van der Waals surface area contributed by atoms with E-state index in [1.54, 1.807) is 0 Å². The summed E-state index contributed by atoms with van der Waals surface area (Å²) in [5, 5.41) is 5.91. The predicted molar refractivity (Wildman–Crippen MR) is 284 cm³/mol. The summed E-state index contributed by atoms with van der Waals surface area (Å²) >= 11 is 0. The Hall–Kier alpha value is -9.14. The van der Waals surface area contributed by atoms with Gasteiger partial charge in [0.2, 0.25) is 0 Å². The number of pyridine rings is 2. The fourth-order valence-electron chi connectivity index (χ4n) is 11.0. The van der Waals surface area contributed by atoms with Crippen molar-refractivity contribution in [2.45, 2.75) is 6.92 Å². The lowest BCUT2D eigenvalue weighted by molar-refractivity contribution is 0.481. The molecule has 1 aliphatic heterocycles. The van der Waals surface area contributed by atoms with E-state index in [-0.39, 0.29) is 0 Å². The highest BCUT2D eigenvalue weighted by molar-refractivity contribution is 6.12. The molecule has 69 heavy (non-hydrogen) atoms. The molecule has 1 aliphatic rings. The number of ether oxygens (including phenoxy) is 1. The summed E-state index contributed by atoms with van der Waals surface area (Å²) < 4.78 is 13.8. The van der Waals surface area contributed by atoms with Crippen LogP contribution in [0, 0.1) is 6.92 Å². The maximum absolute atomic E-state index is 6.67. The third-order valence-corrected chi connectivity index (χ3v) is 14.0. The van der Waals surface area contributed by atoms with Crippen molar-refractivity contribution >= 4 is 82.6 Å². The highest BCUT2D eigenvalue weighted by Gasteiger charge is 2.26. The van der Waals surface area contributed by atoms with Crippen LogP contribution in [-0.2, 0) is 0 Å². The van der Waals surface area contributed by atoms with Gasteiger partial charge in [0.25, 0.3) is 0 Å². The van der Waals surface area contributed by atoms with E-state index in [2.05, 4.69) is 238 Å². The van der Waals surface area contributed by atoms with E-state index >= 15 is 0 Å². The lowest BCUT2D eigenvalue weighted by atomic mass is 9.98. The molecule has 13 aromatic rings. The molecule has 8 heteroatoms. The molecule has 0 saturated heterocycles. The summed E-state index contributed by atoms with van der Waals surface area (Å²) in [6.07, 6.45) is 3.90. The van der Waals surface area contributed by atoms with Crippen LogP contribution in [0.25, 0.3) is 93.9 Å². The van der Waals surface area contributed by atoms with Crippen molar-refractivity contribution in [3.63, 3.8) is 0 Å². The van der Waals surface area contributed by atoms with Crippen molar-refractivity contribution in [1.29, 1.82) is 0 Å². The van der Waals surface area contributed by atoms with E-state index in [1.165, 1.54) is 32.9 Å². The average molecular weight is 890 g/mol. The van der Waals surface area contributed by atoms with Crippen LogP contribution < -0.4 is 14.5 Å². The van der Waals surface area contributed by atoms with Crippen molar-refractivity contribution in [2.75, 3.05) is 23.5 Å². The van der Waals surface area contributed by atoms with E-state index in [0.717, 1.165) is 96.0 Å². The summed E-state index contributed by atoms with van der Waals surface area (Å²) in [5.41, 5.74) is 16.3. The van der Waals surface area contributed by atoms with Crippen molar-refractivity contribution in [3.8, 4) is 39.8 Å². The number of hydrogen-bond acceptors (Lipinski definition) is 5. The molecule has 8 nitrogen and oxygen atoms in total. The van der Waals surface area contributed by atoms with E-state index < -0.39 is 0 Å². The molecular weight excluding hydrogens is 847 g/mol. The lowest BCUT2D eigenvalue weighted by Crippen LogP contribution is -2.23. The van der Waals surface area contributed by atoms with Gasteiger partial charge >= 0.3 is 0 Å². The number of benzene rings is 8. The number of fused-ring (bicyclic) bond motifs is 10. The first kappa shape index (κ1) is 39.1. The highest BCUT2D eigenvalue weighted by Crippen LogP contribution is 2.45. The zero-order valence-corrected chi connectivity index (χ0v) is 38.0. The van der Waals surface area contributed by atoms with Crippen LogP contribution in [0.5, 0.6) is 11.5 Å². The third kappa shape index (κ3) is 5.95. The first-order valence-electron chi connectivity index (χ1n) is 23.4. The summed E-state index contributed by atoms with van der Waals surface area (Å²) in [6.45, 7) is 2.97. The van der Waals surface area contributed by atoms with Crippen molar-refractivity contribution in [1.82, 2.24) is 23.7 Å². The van der Waals surface area contributed by atoms with Gasteiger partial charge < -0.3 is 23.7 Å². The quantitative estimate of drug-likeness (QED) is 0.160. The summed E-state index contributed by atoms with van der Waals surface area (Å²) in [7, 11) is 2.12. The first-order chi connectivity index (χ1) is 34.1. The second kappa shape index (κ2) is 15.2. The minimum absolute atomic E-state index is 0.645. The topological polar surface area (TPSA) is 56.3 Å². The Morgan fingerprint density at radius 3 is 1.52 bits per heavy atom. The van der Waals surface area contributed by atoms with Gasteiger partial charge in [-0.25, -0.2) is 4.98 Å². The van der Waals surface area contributed by atoms with E-state index in [4.69, 9.17) is 14.7 Å². The van der Waals surface area contributed by atoms with Crippen molar-refractivity contribution in [3.05, 3.63) is 218 Å². The fourth-order valence-corrected chi connectivity index (χ4v) is 11.0. The maximum Gasteiger partial charge on any atom is 0.147 e. The number of nitrogens with zero attached hydrogens (tertiary/aromatic N) is 7. The molecule has 0 aliphatic carbocycles. The minimum atomic E-state index is 0.645. The van der Waals surface area contributed by atoms with E-state index in [9.17, 15) is 0 Å². The Kier molecular flexibility index (Phi) is 8.61. The molecule has 14 rings (SSSR count). The molecule has 0 bridgehead atoms. The van der Waals surface area contributed by atoms with Gasteiger partial charge in [-0.3, -0.25) is 9.55 Å². The molecule has 8 aromatic carbocycles. The molecule has 0 atom stereocenters. The number of hydrogen-bond donors (Lipinski definition) is 0. The Morgan fingerprint density at radius 1 is 0.420 bits per heavy atom. The molecule has 328 valence electrons. The summed E-state index contributed by atoms with van der Waals surface area (Å²) in [4.78, 5) is 15.0. The monoisotopic (exact) mass is 889 g/mol. The second-order valence-corrected chi connectivity index (χ2v) is 18.0. The molecule has 5 aromatic heterocycles. The molecule has 0 radical (unpaired) electrons. The predicted octanol–water partition coefficient (Wildman–Crippen LogP) is 15.1. The van der Waals surface area contributed by atoms with Crippen LogP contribution in [0.3, 0.4) is 0 Å². The second-order valence-electron chi connectivity index (χ2n) is 18.0. The van der Waals surface area contributed by atoms with Gasteiger partial charge in [0.05, 0.1) is 74.2 Å². The normalized spacial score (nSPS) is 12.7. The van der Waals surface area contributed by atoms with Crippen molar-refractivity contribution < 1.29 is 4.74 Å². The average Bonchev–Trinajstić information content (AvgIpc) is 4.12. The number of aryl methyl sites for hydroxylation is 1. The molecule has 0 amide bonds. The van der Waals surface area contributed by atoms with Crippen LogP contribution in [0.15, 0.2) is 213 Å². The SMILES string of the molecule is Cc1cc(-n2c3ccccc3c3ncc(Oc4cccc(N5CN(C)c6ccccc65)c4)cc32)ncc1-c1c(-n2c3ccccc3c3ccccc32)cccc1-n1c2ccccc2c2ccccc21. The van der Waals surface area contributed by atoms with Crippen LogP contribution in [-0.4, -0.2) is 37.4 Å². The zero-order valence-electron chi connectivity index (χ0n) is 38.0. The van der Waals surface area contributed by atoms with Gasteiger partial charge in [-0.2, -0.15) is 0 Å². The van der Waals surface area contributed by atoms with Gasteiger partial charge in [0, 0.05) is 69.1 Å². The minimum Gasteiger partial charge on any atom is -0.456 e. The number of para-hydroxylation sites is 7. The molecule has 0 spiro atoms. The van der Waals surface area contributed by atoms with Gasteiger partial charge in [0.1, 0.15) is 17.3 Å². The van der Waals surface area contributed by atoms with Crippen LogP contribution >= 0.6 is 0 Å². The summed E-state index contributed by atoms with van der Waals surface area (Å²) in [6, 6.07) is 71.2. The molecule has 0 unspecified atom stereocenters. The highest BCUT2D eigenvalue weighted by atomic mass is 16.5. The Labute approximate surface area is 397 Å². The Morgan fingerprint density at radius 2 is 0.928 bits per heavy atom. The van der Waals surface area contributed by atoms with Crippen LogP contribution in [0.1, 0.15) is 5.56 Å². The zero-order chi connectivity index (χ0) is 45.7. The van der Waals surface area contributed by atoms with Gasteiger partial charge in [-0.05, 0) is 85.3 Å². The Balaban J connectivity index is 0.943. The molecule has 0 saturated carbocycles. The van der Waals surface area contributed by atoms with Gasteiger partial charge in [-0.1, -0.05) is 115 Å². The molecule has 0 N–H and O–H groups in total. The van der Waals surface area contributed by atoms with Crippen LogP contribution in [0.2, 0.25) is 0 Å². The number of rotatable bonds is 7. The first-order valence-corrected chi connectivity index (χ1v) is 23.4. The molecule has 6 heterocycles. The largest absolute Gasteiger partial charge is 0.456 e. The Bertz CT molecular complexity index is 3980. The van der Waals surface area contributed by atoms with Crippen LogP contribution in [0.4, 0.5) is 17.1 Å². The summed E-state index contributed by atoms with van der Waals surface area (Å²) in [5.74, 6) is 2.18.